The van der Waals surface area contributed by atoms with E-state index >= 15 is 0 Å². The maximum atomic E-state index is 12.4. The molecule has 3 N–H and O–H groups in total. The molecule has 3 aromatic rings. The summed E-state index contributed by atoms with van der Waals surface area (Å²) in [5.74, 6) is 0.754. The fourth-order valence-corrected chi connectivity index (χ4v) is 3.72. The minimum Gasteiger partial charge on any atom is -0.494 e. The number of ether oxygens (including phenoxy) is 1. The summed E-state index contributed by atoms with van der Waals surface area (Å²) < 4.78 is 5.50. The van der Waals surface area contributed by atoms with Crippen LogP contribution in [0.2, 0.25) is 0 Å². The molecule has 6 heteroatoms. The van der Waals surface area contributed by atoms with E-state index in [0.29, 0.717) is 18.7 Å². The highest BCUT2D eigenvalue weighted by Gasteiger charge is 2.17. The molecule has 0 atom stereocenters. The first kappa shape index (κ1) is 19.3. The molecule has 2 aromatic carbocycles. The Morgan fingerprint density at radius 1 is 1.14 bits per heavy atom. The first-order valence-electron chi connectivity index (χ1n) is 10.2. The van der Waals surface area contributed by atoms with Crippen LogP contribution in [0.3, 0.4) is 0 Å². The fraction of sp³-hybridized carbons (Fsp3) is 0.348. The third-order valence-electron chi connectivity index (χ3n) is 5.39. The number of piperidine rings is 1. The van der Waals surface area contributed by atoms with Gasteiger partial charge in [-0.05, 0) is 67.6 Å². The van der Waals surface area contributed by atoms with Crippen molar-refractivity contribution < 1.29 is 9.84 Å². The molecular weight excluding hydrogens is 366 g/mol. The molecular formula is C23H27N3O3. The number of aromatic nitrogens is 1. The minimum atomic E-state index is -0.169. The maximum Gasteiger partial charge on any atom is 0.253 e. The van der Waals surface area contributed by atoms with Crippen LogP contribution in [-0.2, 0) is 6.54 Å². The van der Waals surface area contributed by atoms with E-state index in [0.717, 1.165) is 54.0 Å². The molecule has 6 nitrogen and oxygen atoms in total. The average Bonchev–Trinajstić information content (AvgIpc) is 2.73. The summed E-state index contributed by atoms with van der Waals surface area (Å²) in [7, 11) is 0. The predicted molar refractivity (Wildman–Crippen MR) is 117 cm³/mol. The van der Waals surface area contributed by atoms with Crippen LogP contribution in [0.1, 0.15) is 25.3 Å². The lowest BCUT2D eigenvalue weighted by atomic mass is 10.1. The molecule has 1 aliphatic rings. The van der Waals surface area contributed by atoms with Gasteiger partial charge in [0.15, 0.2) is 0 Å². The van der Waals surface area contributed by atoms with Gasteiger partial charge in [0.25, 0.3) is 5.56 Å². The van der Waals surface area contributed by atoms with Crippen LogP contribution in [0.4, 0.5) is 11.4 Å². The number of rotatable bonds is 6. The Balaban J connectivity index is 1.43. The Kier molecular flexibility index (Phi) is 5.71. The van der Waals surface area contributed by atoms with Gasteiger partial charge in [-0.2, -0.15) is 0 Å². The van der Waals surface area contributed by atoms with E-state index in [9.17, 15) is 9.90 Å². The minimum absolute atomic E-state index is 0.0952. The van der Waals surface area contributed by atoms with Gasteiger partial charge in [0.2, 0.25) is 0 Å². The number of benzene rings is 2. The van der Waals surface area contributed by atoms with Crippen molar-refractivity contribution in [2.24, 2.45) is 0 Å². The van der Waals surface area contributed by atoms with E-state index < -0.39 is 0 Å². The molecule has 0 aliphatic carbocycles. The highest BCUT2D eigenvalue weighted by Crippen LogP contribution is 2.23. The van der Waals surface area contributed by atoms with Crippen LogP contribution in [-0.4, -0.2) is 35.9 Å². The van der Waals surface area contributed by atoms with E-state index in [4.69, 9.17) is 4.74 Å². The second-order valence-electron chi connectivity index (χ2n) is 7.42. The number of aliphatic hydroxyl groups is 1. The number of hydrogen-bond donors (Lipinski definition) is 3. The maximum absolute atomic E-state index is 12.4. The van der Waals surface area contributed by atoms with E-state index in [1.54, 1.807) is 0 Å². The summed E-state index contributed by atoms with van der Waals surface area (Å²) in [5.41, 5.74) is 3.51. The topological polar surface area (TPSA) is 77.6 Å². The number of hydrogen-bond acceptors (Lipinski definition) is 5. The monoisotopic (exact) mass is 393 g/mol. The number of H-pyrrole nitrogens is 1. The summed E-state index contributed by atoms with van der Waals surface area (Å²) >= 11 is 0. The fourth-order valence-electron chi connectivity index (χ4n) is 3.72. The molecule has 0 unspecified atom stereocenters. The molecule has 1 aliphatic heterocycles. The largest absolute Gasteiger partial charge is 0.494 e. The molecule has 1 aromatic heterocycles. The molecule has 1 saturated heterocycles. The lowest BCUT2D eigenvalue weighted by Crippen LogP contribution is -2.35. The lowest BCUT2D eigenvalue weighted by molar-refractivity contribution is 0.145. The zero-order valence-corrected chi connectivity index (χ0v) is 16.6. The van der Waals surface area contributed by atoms with E-state index in [1.165, 1.54) is 0 Å². The normalized spacial score (nSPS) is 14.9. The first-order chi connectivity index (χ1) is 14.1. The van der Waals surface area contributed by atoms with Gasteiger partial charge in [-0.25, -0.2) is 0 Å². The Hall–Kier alpha value is -2.99. The highest BCUT2D eigenvalue weighted by atomic mass is 16.5. The molecule has 0 bridgehead atoms. The van der Waals surface area contributed by atoms with E-state index in [-0.39, 0.29) is 11.7 Å². The van der Waals surface area contributed by atoms with E-state index in [2.05, 4.69) is 27.3 Å². The predicted octanol–water partition coefficient (Wildman–Crippen LogP) is 3.50. The quantitative estimate of drug-likeness (QED) is 0.598. The number of nitrogens with one attached hydrogen (secondary N) is 2. The van der Waals surface area contributed by atoms with Gasteiger partial charge in [-0.1, -0.05) is 0 Å². The number of nitrogens with zero attached hydrogens (tertiary/aromatic N) is 1. The zero-order valence-electron chi connectivity index (χ0n) is 16.6. The first-order valence-corrected chi connectivity index (χ1v) is 10.2. The number of aliphatic hydroxyl groups excluding tert-OH is 1. The smallest absolute Gasteiger partial charge is 0.253 e. The second kappa shape index (κ2) is 8.57. The van der Waals surface area contributed by atoms with Crippen molar-refractivity contribution in [2.45, 2.75) is 32.4 Å². The summed E-state index contributed by atoms with van der Waals surface area (Å²) in [6.45, 7) is 4.74. The molecule has 0 spiro atoms. The molecule has 0 radical (unpaired) electrons. The Morgan fingerprint density at radius 2 is 1.90 bits per heavy atom. The SMILES string of the molecule is CCOc1ccc2cc(CNc3ccc(N4CCC(O)CC4)cc3)c(=O)[nH]c2c1. The third-order valence-corrected chi connectivity index (χ3v) is 5.39. The van der Waals surface area contributed by atoms with Gasteiger partial charge in [0, 0.05) is 42.6 Å². The Morgan fingerprint density at radius 3 is 2.62 bits per heavy atom. The van der Waals surface area contributed by atoms with Crippen molar-refractivity contribution in [3.63, 3.8) is 0 Å². The van der Waals surface area contributed by atoms with Gasteiger partial charge >= 0.3 is 0 Å². The van der Waals surface area contributed by atoms with Gasteiger partial charge < -0.3 is 25.0 Å². The van der Waals surface area contributed by atoms with Crippen LogP contribution in [0.15, 0.2) is 53.3 Å². The van der Waals surface area contributed by atoms with Crippen molar-refractivity contribution >= 4 is 22.3 Å². The molecule has 152 valence electrons. The van der Waals surface area contributed by atoms with Crippen molar-refractivity contribution in [3.05, 3.63) is 64.4 Å². The average molecular weight is 393 g/mol. The highest BCUT2D eigenvalue weighted by molar-refractivity contribution is 5.80. The molecule has 2 heterocycles. The van der Waals surface area contributed by atoms with Crippen LogP contribution in [0, 0.1) is 0 Å². The van der Waals surface area contributed by atoms with Gasteiger partial charge in [0.05, 0.1) is 18.2 Å². The van der Waals surface area contributed by atoms with Crippen molar-refractivity contribution in [3.8, 4) is 5.75 Å². The van der Waals surface area contributed by atoms with Gasteiger partial charge in [-0.15, -0.1) is 0 Å². The third kappa shape index (κ3) is 4.54. The summed E-state index contributed by atoms with van der Waals surface area (Å²) in [6, 6.07) is 15.9. The van der Waals surface area contributed by atoms with Gasteiger partial charge in [0.1, 0.15) is 5.75 Å². The standard InChI is InChI=1S/C23H27N3O3/c1-2-29-21-8-3-16-13-17(23(28)25-22(16)14-21)15-24-18-4-6-19(7-5-18)26-11-9-20(27)10-12-26/h3-8,13-14,20,24,27H,2,9-12,15H2,1H3,(H,25,28). The number of fused-ring (bicyclic) bond motifs is 1. The Labute approximate surface area is 170 Å². The van der Waals surface area contributed by atoms with Crippen molar-refractivity contribution in [2.75, 3.05) is 29.9 Å². The van der Waals surface area contributed by atoms with Crippen LogP contribution in [0.25, 0.3) is 10.9 Å². The molecule has 1 fully saturated rings. The van der Waals surface area contributed by atoms with Crippen molar-refractivity contribution in [1.29, 1.82) is 0 Å². The zero-order chi connectivity index (χ0) is 20.2. The molecule has 29 heavy (non-hydrogen) atoms. The number of pyridine rings is 1. The van der Waals surface area contributed by atoms with E-state index in [1.807, 2.05) is 43.3 Å². The molecule has 4 rings (SSSR count). The summed E-state index contributed by atoms with van der Waals surface area (Å²) in [6.07, 6.45) is 1.46. The Bertz CT molecular complexity index is 1020. The lowest BCUT2D eigenvalue weighted by Gasteiger charge is -2.31. The van der Waals surface area contributed by atoms with Crippen LogP contribution in [0.5, 0.6) is 5.75 Å². The molecule has 0 amide bonds. The second-order valence-corrected chi connectivity index (χ2v) is 7.42. The van der Waals surface area contributed by atoms with Crippen LogP contribution >= 0.6 is 0 Å². The number of anilines is 2. The number of aromatic amines is 1. The summed E-state index contributed by atoms with van der Waals surface area (Å²) in [5, 5.41) is 14.0. The van der Waals surface area contributed by atoms with Gasteiger partial charge in [-0.3, -0.25) is 4.79 Å². The van der Waals surface area contributed by atoms with Crippen molar-refractivity contribution in [1.82, 2.24) is 4.98 Å². The van der Waals surface area contributed by atoms with Crippen LogP contribution < -0.4 is 20.5 Å². The molecule has 0 saturated carbocycles. The summed E-state index contributed by atoms with van der Waals surface area (Å²) in [4.78, 5) is 17.7.